The maximum absolute atomic E-state index is 12.3. The molecule has 0 atom stereocenters. The lowest BCUT2D eigenvalue weighted by molar-refractivity contribution is 0.668. The van der Waals surface area contributed by atoms with Crippen LogP contribution in [0.4, 0.5) is 4.39 Å². The van der Waals surface area contributed by atoms with E-state index in [2.05, 4.69) is 13.5 Å². The van der Waals surface area contributed by atoms with Crippen LogP contribution < -0.4 is 0 Å². The molecular formula is C9H13F. The molecule has 56 valence electrons. The monoisotopic (exact) mass is 140 g/mol. The number of hydrogen-bond donors (Lipinski definition) is 0. The van der Waals surface area contributed by atoms with Crippen molar-refractivity contribution in [3.8, 4) is 0 Å². The largest absolute Gasteiger partial charge is 0.207 e. The first-order valence-electron chi connectivity index (χ1n) is 3.46. The van der Waals surface area contributed by atoms with Crippen LogP contribution in [0.1, 0.15) is 19.8 Å². The van der Waals surface area contributed by atoms with E-state index in [4.69, 9.17) is 0 Å². The van der Waals surface area contributed by atoms with Gasteiger partial charge in [0.15, 0.2) is 0 Å². The average Bonchev–Trinajstić information content (AvgIpc) is 1.98. The summed E-state index contributed by atoms with van der Waals surface area (Å²) >= 11 is 0. The first-order chi connectivity index (χ1) is 4.81. The molecule has 0 N–H and O–H groups in total. The summed E-state index contributed by atoms with van der Waals surface area (Å²) in [6.07, 6.45) is 8.34. The zero-order chi connectivity index (χ0) is 7.82. The van der Waals surface area contributed by atoms with Crippen molar-refractivity contribution in [1.29, 1.82) is 0 Å². The SMILES string of the molecule is C=C/C(F)=C\C=C\CCC. The van der Waals surface area contributed by atoms with Crippen molar-refractivity contribution >= 4 is 0 Å². The highest BCUT2D eigenvalue weighted by Crippen LogP contribution is 1.97. The van der Waals surface area contributed by atoms with Crippen molar-refractivity contribution in [3.63, 3.8) is 0 Å². The van der Waals surface area contributed by atoms with Gasteiger partial charge in [0.25, 0.3) is 0 Å². The highest BCUT2D eigenvalue weighted by molar-refractivity contribution is 5.15. The fraction of sp³-hybridized carbons (Fsp3) is 0.333. The van der Waals surface area contributed by atoms with Gasteiger partial charge in [0.1, 0.15) is 5.83 Å². The lowest BCUT2D eigenvalue weighted by atomic mass is 10.3. The quantitative estimate of drug-likeness (QED) is 0.525. The van der Waals surface area contributed by atoms with E-state index in [1.807, 2.05) is 6.08 Å². The lowest BCUT2D eigenvalue weighted by Crippen LogP contribution is -1.62. The summed E-state index contributed by atoms with van der Waals surface area (Å²) in [5.41, 5.74) is 0. The molecule has 0 radical (unpaired) electrons. The predicted octanol–water partition coefficient (Wildman–Crippen LogP) is 3.38. The zero-order valence-electron chi connectivity index (χ0n) is 6.31. The third-order valence-electron chi connectivity index (χ3n) is 1.04. The van der Waals surface area contributed by atoms with E-state index in [-0.39, 0.29) is 5.83 Å². The van der Waals surface area contributed by atoms with E-state index >= 15 is 0 Å². The van der Waals surface area contributed by atoms with Crippen LogP contribution in [-0.2, 0) is 0 Å². The van der Waals surface area contributed by atoms with Crippen LogP contribution in [0.15, 0.2) is 36.7 Å². The Labute approximate surface area is 61.8 Å². The molecule has 0 amide bonds. The number of rotatable bonds is 4. The minimum absolute atomic E-state index is 0.285. The Balaban J connectivity index is 3.59. The Morgan fingerprint density at radius 3 is 2.80 bits per heavy atom. The summed E-state index contributed by atoms with van der Waals surface area (Å²) in [5, 5.41) is 0. The molecule has 0 spiro atoms. The molecule has 10 heavy (non-hydrogen) atoms. The van der Waals surface area contributed by atoms with Gasteiger partial charge in [-0.25, -0.2) is 4.39 Å². The Hall–Kier alpha value is -0.850. The van der Waals surface area contributed by atoms with Crippen LogP contribution in [0.5, 0.6) is 0 Å². The van der Waals surface area contributed by atoms with Crippen molar-refractivity contribution in [2.45, 2.75) is 19.8 Å². The van der Waals surface area contributed by atoms with Crippen LogP contribution in [0, 0.1) is 0 Å². The van der Waals surface area contributed by atoms with Crippen LogP contribution in [0.25, 0.3) is 0 Å². The van der Waals surface area contributed by atoms with Crippen molar-refractivity contribution < 1.29 is 4.39 Å². The topological polar surface area (TPSA) is 0 Å². The third-order valence-corrected chi connectivity index (χ3v) is 1.04. The van der Waals surface area contributed by atoms with Gasteiger partial charge in [-0.05, 0) is 18.6 Å². The Morgan fingerprint density at radius 2 is 2.30 bits per heavy atom. The van der Waals surface area contributed by atoms with Crippen molar-refractivity contribution in [1.82, 2.24) is 0 Å². The Bertz CT molecular complexity index is 143. The van der Waals surface area contributed by atoms with Crippen molar-refractivity contribution in [2.75, 3.05) is 0 Å². The molecule has 0 aliphatic carbocycles. The number of halogens is 1. The van der Waals surface area contributed by atoms with Crippen molar-refractivity contribution in [2.24, 2.45) is 0 Å². The molecule has 0 unspecified atom stereocenters. The summed E-state index contributed by atoms with van der Waals surface area (Å²) < 4.78 is 12.3. The molecule has 0 saturated carbocycles. The predicted molar refractivity (Wildman–Crippen MR) is 43.4 cm³/mol. The van der Waals surface area contributed by atoms with Gasteiger partial charge in [-0.3, -0.25) is 0 Å². The molecular weight excluding hydrogens is 127 g/mol. The lowest BCUT2D eigenvalue weighted by Gasteiger charge is -1.81. The molecule has 0 fully saturated rings. The minimum Gasteiger partial charge on any atom is -0.207 e. The third kappa shape index (κ3) is 5.29. The molecule has 0 aliphatic heterocycles. The Morgan fingerprint density at radius 1 is 1.60 bits per heavy atom. The standard InChI is InChI=1S/C9H13F/c1-3-5-6-7-8-9(10)4-2/h4,6-8H,2-3,5H2,1H3/b7-6+,9-8+. The number of hydrogen-bond acceptors (Lipinski definition) is 0. The van der Waals surface area contributed by atoms with E-state index in [9.17, 15) is 4.39 Å². The van der Waals surface area contributed by atoms with E-state index in [1.165, 1.54) is 12.2 Å². The normalized spacial score (nSPS) is 12.4. The average molecular weight is 140 g/mol. The van der Waals surface area contributed by atoms with Gasteiger partial charge in [0, 0.05) is 0 Å². The van der Waals surface area contributed by atoms with E-state index in [1.54, 1.807) is 6.08 Å². The summed E-state index contributed by atoms with van der Waals surface area (Å²) in [7, 11) is 0. The van der Waals surface area contributed by atoms with E-state index in [0.717, 1.165) is 12.8 Å². The second-order valence-electron chi connectivity index (χ2n) is 1.97. The smallest absolute Gasteiger partial charge is 0.122 e. The maximum Gasteiger partial charge on any atom is 0.122 e. The van der Waals surface area contributed by atoms with Gasteiger partial charge in [0.05, 0.1) is 0 Å². The molecule has 0 saturated heterocycles. The molecule has 1 heteroatoms. The van der Waals surface area contributed by atoms with Crippen LogP contribution in [-0.4, -0.2) is 0 Å². The summed E-state index contributed by atoms with van der Waals surface area (Å²) in [4.78, 5) is 0. The molecule has 0 aromatic carbocycles. The summed E-state index contributed by atoms with van der Waals surface area (Å²) in [5.74, 6) is -0.285. The Kier molecular flexibility index (Phi) is 5.74. The highest BCUT2D eigenvalue weighted by atomic mass is 19.1. The molecule has 0 aliphatic rings. The fourth-order valence-corrected chi connectivity index (χ4v) is 0.491. The van der Waals surface area contributed by atoms with Gasteiger partial charge in [-0.2, -0.15) is 0 Å². The first kappa shape index (κ1) is 9.15. The van der Waals surface area contributed by atoms with Gasteiger partial charge >= 0.3 is 0 Å². The first-order valence-corrected chi connectivity index (χ1v) is 3.46. The molecule has 0 aromatic heterocycles. The number of unbranched alkanes of at least 4 members (excludes halogenated alkanes) is 1. The van der Waals surface area contributed by atoms with Crippen LogP contribution in [0.2, 0.25) is 0 Å². The molecule has 0 aromatic rings. The molecule has 0 nitrogen and oxygen atoms in total. The van der Waals surface area contributed by atoms with Gasteiger partial charge in [-0.15, -0.1) is 0 Å². The molecule has 0 rings (SSSR count). The minimum atomic E-state index is -0.285. The molecule has 0 bridgehead atoms. The van der Waals surface area contributed by atoms with Crippen LogP contribution >= 0.6 is 0 Å². The fourth-order valence-electron chi connectivity index (χ4n) is 0.491. The summed E-state index contributed by atoms with van der Waals surface area (Å²) in [6, 6.07) is 0. The van der Waals surface area contributed by atoms with E-state index in [0.29, 0.717) is 0 Å². The second-order valence-corrected chi connectivity index (χ2v) is 1.97. The van der Waals surface area contributed by atoms with Gasteiger partial charge < -0.3 is 0 Å². The zero-order valence-corrected chi connectivity index (χ0v) is 6.31. The van der Waals surface area contributed by atoms with Gasteiger partial charge in [0.2, 0.25) is 0 Å². The van der Waals surface area contributed by atoms with Crippen molar-refractivity contribution in [3.05, 3.63) is 36.7 Å². The summed E-state index contributed by atoms with van der Waals surface area (Å²) in [6.45, 7) is 5.36. The van der Waals surface area contributed by atoms with Crippen LogP contribution in [0.3, 0.4) is 0 Å². The van der Waals surface area contributed by atoms with E-state index < -0.39 is 0 Å². The molecule has 0 heterocycles. The van der Waals surface area contributed by atoms with Gasteiger partial charge in [-0.1, -0.05) is 32.1 Å². The maximum atomic E-state index is 12.3. The highest BCUT2D eigenvalue weighted by Gasteiger charge is 1.78. The second kappa shape index (κ2) is 6.27. The number of allylic oxidation sites excluding steroid dienone is 5.